The third-order valence-electron chi connectivity index (χ3n) is 3.30. The Hall–Kier alpha value is -1.67. The molecule has 19 heavy (non-hydrogen) atoms. The molecule has 1 aromatic carbocycles. The first-order chi connectivity index (χ1) is 9.28. The number of nitrogens with zero attached hydrogens (tertiary/aromatic N) is 1. The molecule has 0 fully saturated rings. The van der Waals surface area contributed by atoms with Crippen LogP contribution >= 0.6 is 0 Å². The van der Waals surface area contributed by atoms with Gasteiger partial charge in [0.05, 0.1) is 0 Å². The summed E-state index contributed by atoms with van der Waals surface area (Å²) in [6.45, 7) is 5.28. The average molecular weight is 254 g/mol. The number of benzene rings is 1. The summed E-state index contributed by atoms with van der Waals surface area (Å²) in [4.78, 5) is 4.19. The van der Waals surface area contributed by atoms with E-state index in [1.807, 2.05) is 18.5 Å². The van der Waals surface area contributed by atoms with Gasteiger partial charge in [-0.3, -0.25) is 4.98 Å². The monoisotopic (exact) mass is 254 g/mol. The smallest absolute Gasteiger partial charge is 0.0300 e. The normalized spacial score (nSPS) is 12.3. The zero-order valence-electron chi connectivity index (χ0n) is 11.8. The number of hydrogen-bond acceptors (Lipinski definition) is 2. The molecule has 2 heteroatoms. The van der Waals surface area contributed by atoms with Crippen LogP contribution in [-0.4, -0.2) is 17.6 Å². The minimum atomic E-state index is 0.469. The second-order valence-electron chi connectivity index (χ2n) is 5.01. The molecule has 0 aliphatic carbocycles. The number of nitrogens with one attached hydrogen (secondary N) is 1. The van der Waals surface area contributed by atoms with Crippen molar-refractivity contribution in [2.75, 3.05) is 6.54 Å². The predicted molar refractivity (Wildman–Crippen MR) is 80.3 cm³/mol. The summed E-state index contributed by atoms with van der Waals surface area (Å²) in [5.74, 6) is 0. The SMILES string of the molecule is CCNC(Cc1ccc(C)cc1)Cc1cccnc1. The molecule has 0 saturated heterocycles. The van der Waals surface area contributed by atoms with E-state index < -0.39 is 0 Å². The van der Waals surface area contributed by atoms with Gasteiger partial charge in [-0.2, -0.15) is 0 Å². The van der Waals surface area contributed by atoms with E-state index in [0.29, 0.717) is 6.04 Å². The highest BCUT2D eigenvalue weighted by atomic mass is 14.9. The van der Waals surface area contributed by atoms with E-state index in [-0.39, 0.29) is 0 Å². The van der Waals surface area contributed by atoms with Crippen LogP contribution in [-0.2, 0) is 12.8 Å². The molecule has 0 radical (unpaired) electrons. The third-order valence-corrected chi connectivity index (χ3v) is 3.30. The van der Waals surface area contributed by atoms with Crippen LogP contribution in [0.2, 0.25) is 0 Å². The molecule has 1 atom stereocenters. The Kier molecular flexibility index (Phi) is 5.10. The number of aromatic nitrogens is 1. The van der Waals surface area contributed by atoms with Crippen LogP contribution in [0.4, 0.5) is 0 Å². The topological polar surface area (TPSA) is 24.9 Å². The molecular weight excluding hydrogens is 232 g/mol. The molecule has 1 heterocycles. The zero-order chi connectivity index (χ0) is 13.5. The first-order valence-electron chi connectivity index (χ1n) is 6.95. The number of hydrogen-bond donors (Lipinski definition) is 1. The summed E-state index contributed by atoms with van der Waals surface area (Å²) in [6, 6.07) is 13.4. The summed E-state index contributed by atoms with van der Waals surface area (Å²) >= 11 is 0. The molecule has 1 unspecified atom stereocenters. The Morgan fingerprint density at radius 2 is 1.79 bits per heavy atom. The van der Waals surface area contributed by atoms with Gasteiger partial charge in [0.2, 0.25) is 0 Å². The number of rotatable bonds is 6. The minimum absolute atomic E-state index is 0.469. The van der Waals surface area contributed by atoms with Crippen LogP contribution in [0.25, 0.3) is 0 Å². The van der Waals surface area contributed by atoms with Crippen molar-refractivity contribution >= 4 is 0 Å². The summed E-state index contributed by atoms with van der Waals surface area (Å²) in [5.41, 5.74) is 4.00. The lowest BCUT2D eigenvalue weighted by Gasteiger charge is -2.18. The average Bonchev–Trinajstić information content (AvgIpc) is 2.43. The van der Waals surface area contributed by atoms with Gasteiger partial charge >= 0.3 is 0 Å². The molecule has 0 saturated carbocycles. The van der Waals surface area contributed by atoms with Crippen LogP contribution in [0, 0.1) is 6.92 Å². The van der Waals surface area contributed by atoms with Gasteiger partial charge in [0.25, 0.3) is 0 Å². The van der Waals surface area contributed by atoms with Gasteiger partial charge in [-0.15, -0.1) is 0 Å². The summed E-state index contributed by atoms with van der Waals surface area (Å²) < 4.78 is 0. The van der Waals surface area contributed by atoms with Crippen molar-refractivity contribution in [2.24, 2.45) is 0 Å². The van der Waals surface area contributed by atoms with Crippen LogP contribution in [0.5, 0.6) is 0 Å². The summed E-state index contributed by atoms with van der Waals surface area (Å²) in [6.07, 6.45) is 5.86. The Bertz CT molecular complexity index is 476. The van der Waals surface area contributed by atoms with Gasteiger partial charge in [-0.25, -0.2) is 0 Å². The lowest BCUT2D eigenvalue weighted by molar-refractivity contribution is 0.521. The molecule has 0 aliphatic rings. The van der Waals surface area contributed by atoms with Gasteiger partial charge in [0, 0.05) is 18.4 Å². The van der Waals surface area contributed by atoms with Crippen LogP contribution < -0.4 is 5.32 Å². The zero-order valence-corrected chi connectivity index (χ0v) is 11.8. The predicted octanol–water partition coefficient (Wildman–Crippen LogP) is 3.15. The van der Waals surface area contributed by atoms with E-state index in [4.69, 9.17) is 0 Å². The fourth-order valence-corrected chi connectivity index (χ4v) is 2.32. The largest absolute Gasteiger partial charge is 0.314 e. The van der Waals surface area contributed by atoms with Crippen LogP contribution in [0.15, 0.2) is 48.8 Å². The second kappa shape index (κ2) is 7.05. The van der Waals surface area contributed by atoms with Crippen molar-refractivity contribution in [3.8, 4) is 0 Å². The van der Waals surface area contributed by atoms with Crippen molar-refractivity contribution in [1.29, 1.82) is 0 Å². The van der Waals surface area contributed by atoms with Gasteiger partial charge in [0.1, 0.15) is 0 Å². The van der Waals surface area contributed by atoms with Crippen LogP contribution in [0.3, 0.4) is 0 Å². The van der Waals surface area contributed by atoms with E-state index in [2.05, 4.69) is 54.5 Å². The maximum atomic E-state index is 4.19. The molecule has 100 valence electrons. The van der Waals surface area contributed by atoms with Gasteiger partial charge in [-0.1, -0.05) is 42.8 Å². The molecule has 2 rings (SSSR count). The molecule has 1 aromatic heterocycles. The highest BCUT2D eigenvalue weighted by Crippen LogP contribution is 2.10. The lowest BCUT2D eigenvalue weighted by atomic mass is 9.99. The highest BCUT2D eigenvalue weighted by molar-refractivity contribution is 5.22. The van der Waals surface area contributed by atoms with Gasteiger partial charge in [0.15, 0.2) is 0 Å². The maximum absolute atomic E-state index is 4.19. The Morgan fingerprint density at radius 1 is 1.05 bits per heavy atom. The van der Waals surface area contributed by atoms with Gasteiger partial charge < -0.3 is 5.32 Å². The summed E-state index contributed by atoms with van der Waals surface area (Å²) in [5, 5.41) is 3.57. The first-order valence-corrected chi connectivity index (χ1v) is 6.95. The molecule has 0 aliphatic heterocycles. The van der Waals surface area contributed by atoms with E-state index in [1.165, 1.54) is 16.7 Å². The molecule has 2 aromatic rings. The van der Waals surface area contributed by atoms with E-state index in [9.17, 15) is 0 Å². The Balaban J connectivity index is 2.01. The van der Waals surface area contributed by atoms with Crippen molar-refractivity contribution in [3.05, 3.63) is 65.5 Å². The minimum Gasteiger partial charge on any atom is -0.314 e. The van der Waals surface area contributed by atoms with Crippen LogP contribution in [0.1, 0.15) is 23.6 Å². The van der Waals surface area contributed by atoms with E-state index >= 15 is 0 Å². The molecule has 1 N–H and O–H groups in total. The standard InChI is InChI=1S/C17H22N2/c1-3-19-17(12-16-5-4-10-18-13-16)11-15-8-6-14(2)7-9-15/h4-10,13,17,19H,3,11-12H2,1-2H3. The molecular formula is C17H22N2. The number of likely N-dealkylation sites (N-methyl/N-ethyl adjacent to an activating group) is 1. The molecule has 0 amide bonds. The highest BCUT2D eigenvalue weighted by Gasteiger charge is 2.09. The summed E-state index contributed by atoms with van der Waals surface area (Å²) in [7, 11) is 0. The molecule has 0 spiro atoms. The first kappa shape index (κ1) is 13.8. The number of aryl methyl sites for hydroxylation is 1. The Morgan fingerprint density at radius 3 is 2.42 bits per heavy atom. The van der Waals surface area contributed by atoms with E-state index in [1.54, 1.807) is 0 Å². The lowest BCUT2D eigenvalue weighted by Crippen LogP contribution is -2.33. The van der Waals surface area contributed by atoms with Gasteiger partial charge in [-0.05, 0) is 43.5 Å². The fraction of sp³-hybridized carbons (Fsp3) is 0.353. The van der Waals surface area contributed by atoms with Crippen molar-refractivity contribution in [2.45, 2.75) is 32.7 Å². The second-order valence-corrected chi connectivity index (χ2v) is 5.01. The third kappa shape index (κ3) is 4.49. The van der Waals surface area contributed by atoms with Crippen molar-refractivity contribution < 1.29 is 0 Å². The van der Waals surface area contributed by atoms with E-state index in [0.717, 1.165) is 19.4 Å². The van der Waals surface area contributed by atoms with Crippen molar-refractivity contribution in [3.63, 3.8) is 0 Å². The maximum Gasteiger partial charge on any atom is 0.0300 e. The fourth-order valence-electron chi connectivity index (χ4n) is 2.32. The quantitative estimate of drug-likeness (QED) is 0.856. The molecule has 0 bridgehead atoms. The molecule has 2 nitrogen and oxygen atoms in total. The van der Waals surface area contributed by atoms with Crippen molar-refractivity contribution in [1.82, 2.24) is 10.3 Å². The Labute approximate surface area is 115 Å². The number of pyridine rings is 1.